The van der Waals surface area contributed by atoms with Crippen LogP contribution in [0.3, 0.4) is 0 Å². The predicted octanol–water partition coefficient (Wildman–Crippen LogP) is 5.08. The molecule has 1 nitrogen and oxygen atoms in total. The average molecular weight is 299 g/mol. The second-order valence-corrected chi connectivity index (χ2v) is 6.08. The van der Waals surface area contributed by atoms with E-state index < -0.39 is 0 Å². The summed E-state index contributed by atoms with van der Waals surface area (Å²) in [4.78, 5) is 1.39. The van der Waals surface area contributed by atoms with Crippen molar-refractivity contribution in [1.29, 1.82) is 0 Å². The second kappa shape index (κ2) is 8.91. The molecule has 21 heavy (non-hydrogen) atoms. The van der Waals surface area contributed by atoms with Crippen molar-refractivity contribution in [2.24, 2.45) is 0 Å². The maximum atomic E-state index is 3.65. The molecule has 0 saturated carbocycles. The number of thioether (sulfide) groups is 1. The lowest BCUT2D eigenvalue weighted by Crippen LogP contribution is -2.21. The maximum absolute atomic E-state index is 3.65. The first-order chi connectivity index (χ1) is 10.3. The summed E-state index contributed by atoms with van der Waals surface area (Å²) in [6.45, 7) is 3.20. The largest absolute Gasteiger partial charge is 0.310 e. The Hall–Kier alpha value is -1.25. The van der Waals surface area contributed by atoms with Crippen molar-refractivity contribution in [3.8, 4) is 0 Å². The lowest BCUT2D eigenvalue weighted by atomic mass is 9.99. The smallest absolute Gasteiger partial charge is 0.0331 e. The minimum absolute atomic E-state index is 0.461. The highest BCUT2D eigenvalue weighted by atomic mass is 32.2. The van der Waals surface area contributed by atoms with Gasteiger partial charge in [-0.1, -0.05) is 55.5 Å². The van der Waals surface area contributed by atoms with Gasteiger partial charge in [-0.05, 0) is 49.3 Å². The molecule has 0 aromatic heterocycles. The van der Waals surface area contributed by atoms with Crippen LogP contribution >= 0.6 is 11.8 Å². The number of nitrogens with one attached hydrogen (secondary N) is 1. The average Bonchev–Trinajstić information content (AvgIpc) is 2.55. The van der Waals surface area contributed by atoms with E-state index in [9.17, 15) is 0 Å². The molecule has 0 radical (unpaired) electrons. The molecule has 2 aromatic carbocycles. The van der Waals surface area contributed by atoms with Crippen molar-refractivity contribution in [3.63, 3.8) is 0 Å². The van der Waals surface area contributed by atoms with Crippen LogP contribution in [0.15, 0.2) is 59.5 Å². The molecular weight excluding hydrogens is 274 g/mol. The third kappa shape index (κ3) is 4.90. The molecule has 2 rings (SSSR count). The summed E-state index contributed by atoms with van der Waals surface area (Å²) in [5, 5.41) is 3.65. The molecule has 0 amide bonds. The monoisotopic (exact) mass is 299 g/mol. The van der Waals surface area contributed by atoms with Crippen LogP contribution in [-0.2, 0) is 6.42 Å². The number of hydrogen-bond acceptors (Lipinski definition) is 2. The Balaban J connectivity index is 1.99. The first-order valence-electron chi connectivity index (χ1n) is 7.75. The molecule has 2 heteroatoms. The van der Waals surface area contributed by atoms with E-state index in [4.69, 9.17) is 0 Å². The Morgan fingerprint density at radius 1 is 1.00 bits per heavy atom. The van der Waals surface area contributed by atoms with E-state index in [0.717, 1.165) is 13.0 Å². The Kier molecular flexibility index (Phi) is 6.84. The first kappa shape index (κ1) is 16.1. The predicted molar refractivity (Wildman–Crippen MR) is 94.0 cm³/mol. The lowest BCUT2D eigenvalue weighted by Gasteiger charge is -2.21. The topological polar surface area (TPSA) is 12.0 Å². The summed E-state index contributed by atoms with van der Waals surface area (Å²) in [6.07, 6.45) is 5.71. The van der Waals surface area contributed by atoms with Gasteiger partial charge in [0.2, 0.25) is 0 Å². The van der Waals surface area contributed by atoms with Crippen LogP contribution in [0, 0.1) is 0 Å². The summed E-state index contributed by atoms with van der Waals surface area (Å²) in [6, 6.07) is 20.0. The fourth-order valence-corrected chi connectivity index (χ4v) is 3.38. The first-order valence-corrected chi connectivity index (χ1v) is 8.97. The Labute approximate surface area is 133 Å². The van der Waals surface area contributed by atoms with E-state index >= 15 is 0 Å². The van der Waals surface area contributed by atoms with E-state index in [2.05, 4.69) is 73.1 Å². The molecule has 0 aliphatic carbocycles. The molecule has 0 fully saturated rings. The highest BCUT2D eigenvalue weighted by Crippen LogP contribution is 2.28. The molecule has 1 unspecified atom stereocenters. The van der Waals surface area contributed by atoms with Crippen LogP contribution in [0.4, 0.5) is 0 Å². The molecule has 0 spiro atoms. The number of benzene rings is 2. The fourth-order valence-electron chi connectivity index (χ4n) is 2.72. The van der Waals surface area contributed by atoms with Crippen molar-refractivity contribution in [1.82, 2.24) is 5.32 Å². The molecular formula is C19H25NS. The van der Waals surface area contributed by atoms with E-state index in [1.807, 2.05) is 11.8 Å². The molecule has 112 valence electrons. The highest BCUT2D eigenvalue weighted by Gasteiger charge is 2.13. The summed E-state index contributed by atoms with van der Waals surface area (Å²) in [5.74, 6) is 0. The molecule has 2 aromatic rings. The SMILES string of the molecule is CCNC(CCCc1ccccc1)c1ccccc1SC. The molecule has 1 atom stereocenters. The second-order valence-electron chi connectivity index (χ2n) is 5.23. The normalized spacial score (nSPS) is 12.3. The molecule has 0 saturated heterocycles. The standard InChI is InChI=1S/C19H25NS/c1-3-20-18(17-13-7-8-15-19(17)21-2)14-9-12-16-10-5-4-6-11-16/h4-8,10-11,13,15,18,20H,3,9,12,14H2,1-2H3. The van der Waals surface area contributed by atoms with Crippen LogP contribution in [0.2, 0.25) is 0 Å². The maximum Gasteiger partial charge on any atom is 0.0331 e. The van der Waals surface area contributed by atoms with Crippen LogP contribution in [0.1, 0.15) is 36.9 Å². The summed E-state index contributed by atoms with van der Waals surface area (Å²) in [5.41, 5.74) is 2.88. The minimum Gasteiger partial charge on any atom is -0.310 e. The van der Waals surface area contributed by atoms with Crippen molar-refractivity contribution in [3.05, 3.63) is 65.7 Å². The van der Waals surface area contributed by atoms with Gasteiger partial charge in [-0.2, -0.15) is 0 Å². The molecule has 0 bridgehead atoms. The number of aryl methyl sites for hydroxylation is 1. The van der Waals surface area contributed by atoms with Gasteiger partial charge in [0.25, 0.3) is 0 Å². The summed E-state index contributed by atoms with van der Waals surface area (Å²) in [7, 11) is 0. The van der Waals surface area contributed by atoms with Gasteiger partial charge in [0.15, 0.2) is 0 Å². The quantitative estimate of drug-likeness (QED) is 0.682. The van der Waals surface area contributed by atoms with Crippen molar-refractivity contribution in [2.75, 3.05) is 12.8 Å². The third-order valence-corrected chi connectivity index (χ3v) is 4.58. The third-order valence-electron chi connectivity index (χ3n) is 3.77. The zero-order chi connectivity index (χ0) is 14.9. The minimum atomic E-state index is 0.461. The van der Waals surface area contributed by atoms with Gasteiger partial charge < -0.3 is 5.32 Å². The fraction of sp³-hybridized carbons (Fsp3) is 0.368. The van der Waals surface area contributed by atoms with Crippen LogP contribution in [-0.4, -0.2) is 12.8 Å². The van der Waals surface area contributed by atoms with Crippen molar-refractivity contribution in [2.45, 2.75) is 37.1 Å². The van der Waals surface area contributed by atoms with Crippen LogP contribution in [0.25, 0.3) is 0 Å². The zero-order valence-corrected chi connectivity index (χ0v) is 13.8. The van der Waals surface area contributed by atoms with Crippen LogP contribution in [0.5, 0.6) is 0 Å². The Bertz CT molecular complexity index is 524. The van der Waals surface area contributed by atoms with Gasteiger partial charge in [-0.25, -0.2) is 0 Å². The highest BCUT2D eigenvalue weighted by molar-refractivity contribution is 7.98. The molecule has 0 aliphatic rings. The van der Waals surface area contributed by atoms with Gasteiger partial charge in [-0.15, -0.1) is 11.8 Å². The Morgan fingerprint density at radius 2 is 1.71 bits per heavy atom. The summed E-state index contributed by atoms with van der Waals surface area (Å²) < 4.78 is 0. The van der Waals surface area contributed by atoms with Crippen LogP contribution < -0.4 is 5.32 Å². The number of rotatable bonds is 8. The van der Waals surface area contributed by atoms with Crippen molar-refractivity contribution < 1.29 is 0 Å². The van der Waals surface area contributed by atoms with Gasteiger partial charge in [0, 0.05) is 10.9 Å². The number of hydrogen-bond donors (Lipinski definition) is 1. The van der Waals surface area contributed by atoms with E-state index in [1.165, 1.54) is 28.9 Å². The van der Waals surface area contributed by atoms with E-state index in [0.29, 0.717) is 6.04 Å². The van der Waals surface area contributed by atoms with E-state index in [-0.39, 0.29) is 0 Å². The molecule has 1 N–H and O–H groups in total. The molecule has 0 heterocycles. The van der Waals surface area contributed by atoms with Crippen molar-refractivity contribution >= 4 is 11.8 Å². The van der Waals surface area contributed by atoms with Gasteiger partial charge in [0.1, 0.15) is 0 Å². The van der Waals surface area contributed by atoms with E-state index in [1.54, 1.807) is 0 Å². The van der Waals surface area contributed by atoms with Gasteiger partial charge in [0.05, 0.1) is 0 Å². The lowest BCUT2D eigenvalue weighted by molar-refractivity contribution is 0.492. The Morgan fingerprint density at radius 3 is 2.43 bits per heavy atom. The molecule has 0 aliphatic heterocycles. The summed E-state index contributed by atoms with van der Waals surface area (Å²) >= 11 is 1.84. The zero-order valence-electron chi connectivity index (χ0n) is 13.0. The van der Waals surface area contributed by atoms with Gasteiger partial charge in [-0.3, -0.25) is 0 Å². The van der Waals surface area contributed by atoms with Gasteiger partial charge >= 0.3 is 0 Å².